The minimum atomic E-state index is -0.607. The number of nitrogens with one attached hydrogen (secondary N) is 1. The van der Waals surface area contributed by atoms with Crippen LogP contribution in [0.4, 0.5) is 0 Å². The summed E-state index contributed by atoms with van der Waals surface area (Å²) in [6.45, 7) is -0.297. The van der Waals surface area contributed by atoms with E-state index in [2.05, 4.69) is 11.5 Å². The number of amides is 2. The summed E-state index contributed by atoms with van der Waals surface area (Å²) in [6.07, 6.45) is 2.40. The van der Waals surface area contributed by atoms with Crippen LogP contribution in [0.1, 0.15) is 17.5 Å². The first-order valence-corrected chi connectivity index (χ1v) is 5.93. The van der Waals surface area contributed by atoms with Gasteiger partial charge in [-0.05, 0) is 30.4 Å². The Labute approximate surface area is 105 Å². The molecule has 1 aromatic carbocycles. The highest BCUT2D eigenvalue weighted by Gasteiger charge is 2.24. The van der Waals surface area contributed by atoms with E-state index in [4.69, 9.17) is 10.6 Å². The lowest BCUT2D eigenvalue weighted by Crippen LogP contribution is -2.36. The first-order valence-electron chi connectivity index (χ1n) is 5.93. The molecule has 3 N–H and O–H groups in total. The van der Waals surface area contributed by atoms with Crippen molar-refractivity contribution in [1.82, 2.24) is 5.48 Å². The molecule has 0 fully saturated rings. The van der Waals surface area contributed by atoms with Crippen molar-refractivity contribution >= 4 is 11.8 Å². The van der Waals surface area contributed by atoms with Gasteiger partial charge < -0.3 is 5.73 Å². The van der Waals surface area contributed by atoms with Crippen LogP contribution in [0.3, 0.4) is 0 Å². The molecule has 0 aliphatic heterocycles. The summed E-state index contributed by atoms with van der Waals surface area (Å²) in [5.74, 6) is -0.900. The zero-order valence-corrected chi connectivity index (χ0v) is 10.0. The van der Waals surface area contributed by atoms with E-state index in [0.717, 1.165) is 12.8 Å². The fraction of sp³-hybridized carbons (Fsp3) is 0.385. The molecule has 0 aromatic heterocycles. The Morgan fingerprint density at radius 2 is 2.06 bits per heavy atom. The maximum absolute atomic E-state index is 11.8. The van der Waals surface area contributed by atoms with E-state index in [0.29, 0.717) is 6.42 Å². The van der Waals surface area contributed by atoms with Gasteiger partial charge in [-0.25, -0.2) is 5.48 Å². The lowest BCUT2D eigenvalue weighted by molar-refractivity contribution is -0.141. The first-order chi connectivity index (χ1) is 8.66. The van der Waals surface area contributed by atoms with Crippen LogP contribution in [0.2, 0.25) is 0 Å². The molecule has 96 valence electrons. The van der Waals surface area contributed by atoms with Crippen LogP contribution in [0, 0.1) is 5.92 Å². The molecule has 0 heterocycles. The van der Waals surface area contributed by atoms with Crippen LogP contribution in [0.25, 0.3) is 0 Å². The largest absolute Gasteiger partial charge is 0.368 e. The second kappa shape index (κ2) is 5.64. The van der Waals surface area contributed by atoms with Crippen molar-refractivity contribution in [3.05, 3.63) is 35.4 Å². The number of fused-ring (bicyclic) bond motifs is 1. The molecule has 0 radical (unpaired) electrons. The molecule has 2 amide bonds. The summed E-state index contributed by atoms with van der Waals surface area (Å²) in [5, 5.41) is 0. The molecule has 5 heteroatoms. The van der Waals surface area contributed by atoms with Crippen LogP contribution in [-0.4, -0.2) is 18.4 Å². The van der Waals surface area contributed by atoms with Crippen molar-refractivity contribution in [2.45, 2.75) is 19.3 Å². The van der Waals surface area contributed by atoms with Crippen molar-refractivity contribution in [3.8, 4) is 0 Å². The maximum Gasteiger partial charge on any atom is 0.247 e. The molecule has 1 aliphatic rings. The average molecular weight is 248 g/mol. The molecule has 1 aromatic rings. The highest BCUT2D eigenvalue weighted by molar-refractivity contribution is 5.79. The Balaban J connectivity index is 1.88. The molecule has 5 nitrogen and oxygen atoms in total. The molecular weight excluding hydrogens is 232 g/mol. The lowest BCUT2D eigenvalue weighted by atomic mass is 9.83. The summed E-state index contributed by atoms with van der Waals surface area (Å²) in [7, 11) is 0. The molecular formula is C13H16N2O3. The minimum Gasteiger partial charge on any atom is -0.368 e. The van der Waals surface area contributed by atoms with E-state index in [1.165, 1.54) is 11.1 Å². The standard InChI is InChI=1S/C13H16N2O3/c14-12(16)8-18-15-13(17)11-6-5-9-3-1-2-4-10(9)7-11/h1-4,11H,5-8H2,(H2,14,16)(H,15,17). The highest BCUT2D eigenvalue weighted by atomic mass is 16.7. The van der Waals surface area contributed by atoms with Crippen molar-refractivity contribution in [3.63, 3.8) is 0 Å². The van der Waals surface area contributed by atoms with Gasteiger partial charge >= 0.3 is 0 Å². The van der Waals surface area contributed by atoms with Gasteiger partial charge in [0, 0.05) is 5.92 Å². The second-order valence-corrected chi connectivity index (χ2v) is 4.43. The zero-order chi connectivity index (χ0) is 13.0. The van der Waals surface area contributed by atoms with Crippen LogP contribution >= 0.6 is 0 Å². The number of carbonyl (C=O) groups is 2. The number of aryl methyl sites for hydroxylation is 1. The number of hydroxylamine groups is 1. The summed E-state index contributed by atoms with van der Waals surface area (Å²) in [4.78, 5) is 27.0. The summed E-state index contributed by atoms with van der Waals surface area (Å²) in [6, 6.07) is 8.12. The van der Waals surface area contributed by atoms with E-state index in [1.807, 2.05) is 18.2 Å². The van der Waals surface area contributed by atoms with Gasteiger partial charge in [0.2, 0.25) is 11.8 Å². The Morgan fingerprint density at radius 1 is 1.33 bits per heavy atom. The number of benzene rings is 1. The average Bonchev–Trinajstić information content (AvgIpc) is 2.37. The summed E-state index contributed by atoms with van der Waals surface area (Å²) in [5.41, 5.74) is 9.69. The predicted molar refractivity (Wildman–Crippen MR) is 65.2 cm³/mol. The van der Waals surface area contributed by atoms with E-state index < -0.39 is 5.91 Å². The van der Waals surface area contributed by atoms with Crippen molar-refractivity contribution in [1.29, 1.82) is 0 Å². The first kappa shape index (κ1) is 12.6. The van der Waals surface area contributed by atoms with Crippen LogP contribution < -0.4 is 11.2 Å². The fourth-order valence-corrected chi connectivity index (χ4v) is 2.18. The van der Waals surface area contributed by atoms with Crippen LogP contribution in [0.5, 0.6) is 0 Å². The number of hydrogen-bond donors (Lipinski definition) is 2. The minimum absolute atomic E-state index is 0.104. The summed E-state index contributed by atoms with van der Waals surface area (Å²) < 4.78 is 0. The maximum atomic E-state index is 11.8. The Hall–Kier alpha value is -1.88. The monoisotopic (exact) mass is 248 g/mol. The normalized spacial score (nSPS) is 17.9. The van der Waals surface area contributed by atoms with Gasteiger partial charge in [-0.3, -0.25) is 14.4 Å². The topological polar surface area (TPSA) is 81.4 Å². The molecule has 0 spiro atoms. The quantitative estimate of drug-likeness (QED) is 0.753. The van der Waals surface area contributed by atoms with E-state index in [9.17, 15) is 9.59 Å². The lowest BCUT2D eigenvalue weighted by Gasteiger charge is -2.23. The molecule has 18 heavy (non-hydrogen) atoms. The Bertz CT molecular complexity index is 459. The SMILES string of the molecule is NC(=O)CONC(=O)C1CCc2ccccc2C1. The Kier molecular flexibility index (Phi) is 3.94. The zero-order valence-electron chi connectivity index (χ0n) is 10.0. The fourth-order valence-electron chi connectivity index (χ4n) is 2.18. The Morgan fingerprint density at radius 3 is 2.78 bits per heavy atom. The third-order valence-electron chi connectivity index (χ3n) is 3.10. The van der Waals surface area contributed by atoms with Gasteiger partial charge in [0.25, 0.3) is 0 Å². The molecule has 0 bridgehead atoms. The number of hydrogen-bond acceptors (Lipinski definition) is 3. The molecule has 2 rings (SSSR count). The van der Waals surface area contributed by atoms with Gasteiger partial charge in [-0.1, -0.05) is 24.3 Å². The van der Waals surface area contributed by atoms with E-state index in [-0.39, 0.29) is 18.4 Å². The van der Waals surface area contributed by atoms with Gasteiger partial charge in [0.15, 0.2) is 6.61 Å². The van der Waals surface area contributed by atoms with Crippen molar-refractivity contribution in [2.75, 3.05) is 6.61 Å². The number of rotatable bonds is 4. The van der Waals surface area contributed by atoms with Gasteiger partial charge in [-0.2, -0.15) is 0 Å². The van der Waals surface area contributed by atoms with Crippen LogP contribution in [-0.2, 0) is 27.3 Å². The second-order valence-electron chi connectivity index (χ2n) is 4.43. The number of nitrogens with two attached hydrogens (primary N) is 1. The van der Waals surface area contributed by atoms with Crippen LogP contribution in [0.15, 0.2) is 24.3 Å². The van der Waals surface area contributed by atoms with Crippen molar-refractivity contribution < 1.29 is 14.4 Å². The van der Waals surface area contributed by atoms with Crippen molar-refractivity contribution in [2.24, 2.45) is 11.7 Å². The van der Waals surface area contributed by atoms with Gasteiger partial charge in [0.05, 0.1) is 0 Å². The number of primary amides is 1. The molecule has 0 saturated carbocycles. The third-order valence-corrected chi connectivity index (χ3v) is 3.10. The highest BCUT2D eigenvalue weighted by Crippen LogP contribution is 2.25. The van der Waals surface area contributed by atoms with E-state index >= 15 is 0 Å². The molecule has 1 unspecified atom stereocenters. The molecule has 1 aliphatic carbocycles. The smallest absolute Gasteiger partial charge is 0.247 e. The third kappa shape index (κ3) is 3.07. The summed E-state index contributed by atoms with van der Waals surface area (Å²) >= 11 is 0. The van der Waals surface area contributed by atoms with E-state index in [1.54, 1.807) is 0 Å². The molecule has 0 saturated heterocycles. The molecule has 1 atom stereocenters. The predicted octanol–water partition coefficient (Wildman–Crippen LogP) is 0.325. The number of carbonyl (C=O) groups excluding carboxylic acids is 2. The van der Waals surface area contributed by atoms with Gasteiger partial charge in [0.1, 0.15) is 0 Å². The van der Waals surface area contributed by atoms with Gasteiger partial charge in [-0.15, -0.1) is 0 Å².